The molecule has 0 unspecified atom stereocenters. The number of para-hydroxylation sites is 1. The zero-order chi connectivity index (χ0) is 27.3. The molecule has 2 amide bonds. The van der Waals surface area contributed by atoms with E-state index >= 15 is 0 Å². The van der Waals surface area contributed by atoms with Gasteiger partial charge in [-0.3, -0.25) is 10.2 Å². The summed E-state index contributed by atoms with van der Waals surface area (Å²) in [4.78, 5) is 36.9. The molecule has 38 heavy (non-hydrogen) atoms. The normalized spacial score (nSPS) is 12.5. The molecule has 200 valence electrons. The summed E-state index contributed by atoms with van der Waals surface area (Å²) in [5.41, 5.74) is 5.07. The lowest BCUT2D eigenvalue weighted by Gasteiger charge is -2.27. The molecule has 0 fully saturated rings. The average Bonchev–Trinajstić information content (AvgIpc) is 3.33. The molecule has 10 nitrogen and oxygen atoms in total. The minimum absolute atomic E-state index is 0.0942. The molecule has 0 bridgehead atoms. The Morgan fingerprint density at radius 3 is 2.53 bits per heavy atom. The van der Waals surface area contributed by atoms with Crippen LogP contribution < -0.4 is 19.8 Å². The molecule has 0 radical (unpaired) electrons. The third kappa shape index (κ3) is 6.31. The predicted octanol–water partition coefficient (Wildman–Crippen LogP) is 4.66. The van der Waals surface area contributed by atoms with Crippen LogP contribution in [0.2, 0.25) is 0 Å². The summed E-state index contributed by atoms with van der Waals surface area (Å²) in [5.74, 6) is 0.673. The summed E-state index contributed by atoms with van der Waals surface area (Å²) in [5, 5.41) is 1.10. The lowest BCUT2D eigenvalue weighted by atomic mass is 10.2. The Hall–Kier alpha value is -4.34. The highest BCUT2D eigenvalue weighted by Crippen LogP contribution is 2.33. The largest absolute Gasteiger partial charge is 0.497 e. The lowest BCUT2D eigenvalue weighted by Crippen LogP contribution is -2.48. The van der Waals surface area contributed by atoms with Crippen LogP contribution in [0, 0.1) is 0 Å². The molecule has 1 aromatic heterocycles. The highest BCUT2D eigenvalue weighted by Gasteiger charge is 2.27. The fourth-order valence-electron chi connectivity index (χ4n) is 3.93. The Morgan fingerprint density at radius 1 is 1.11 bits per heavy atom. The Labute approximate surface area is 222 Å². The van der Waals surface area contributed by atoms with E-state index in [1.54, 1.807) is 34.8 Å². The summed E-state index contributed by atoms with van der Waals surface area (Å²) in [6.07, 6.45) is 1.62. The van der Waals surface area contributed by atoms with Gasteiger partial charge in [-0.2, -0.15) is 4.98 Å². The van der Waals surface area contributed by atoms with Crippen molar-refractivity contribution in [1.29, 1.82) is 0 Å². The van der Waals surface area contributed by atoms with Gasteiger partial charge < -0.3 is 19.1 Å². The van der Waals surface area contributed by atoms with Crippen LogP contribution in [0.3, 0.4) is 0 Å². The number of rotatable bonds is 7. The number of aromatic nitrogens is 2. The summed E-state index contributed by atoms with van der Waals surface area (Å²) < 4.78 is 16.7. The molecule has 1 N–H and O–H groups in total. The Morgan fingerprint density at radius 2 is 1.84 bits per heavy atom. The maximum atomic E-state index is 13.3. The summed E-state index contributed by atoms with van der Waals surface area (Å²) in [7, 11) is 1.60. The number of benzene rings is 2. The van der Waals surface area contributed by atoms with Crippen LogP contribution in [-0.2, 0) is 17.8 Å². The van der Waals surface area contributed by atoms with Gasteiger partial charge in [0.1, 0.15) is 23.5 Å². The number of hydrogen-bond donors (Lipinski definition) is 1. The van der Waals surface area contributed by atoms with Gasteiger partial charge in [-0.15, -0.1) is 0 Å². The minimum atomic E-state index is -0.710. The topological polar surface area (TPSA) is 106 Å². The molecule has 1 aliphatic rings. The van der Waals surface area contributed by atoms with E-state index in [0.29, 0.717) is 12.5 Å². The van der Waals surface area contributed by atoms with Gasteiger partial charge in [-0.1, -0.05) is 30.3 Å². The maximum absolute atomic E-state index is 13.3. The summed E-state index contributed by atoms with van der Waals surface area (Å²) in [6, 6.07) is 15.5. The highest BCUT2D eigenvalue weighted by atomic mass is 16.6. The highest BCUT2D eigenvalue weighted by molar-refractivity contribution is 5.97. The van der Waals surface area contributed by atoms with E-state index in [1.807, 2.05) is 47.4 Å². The second kappa shape index (κ2) is 11.4. The molecular weight excluding hydrogens is 486 g/mol. The van der Waals surface area contributed by atoms with Gasteiger partial charge in [0.2, 0.25) is 11.8 Å². The van der Waals surface area contributed by atoms with Gasteiger partial charge >= 0.3 is 6.09 Å². The molecule has 0 atom stereocenters. The Kier molecular flexibility index (Phi) is 7.99. The molecule has 0 saturated heterocycles. The van der Waals surface area contributed by atoms with Gasteiger partial charge in [0.25, 0.3) is 5.91 Å². The van der Waals surface area contributed by atoms with E-state index in [0.717, 1.165) is 28.4 Å². The number of carbonyl (C=O) groups excluding carboxylic acids is 2. The van der Waals surface area contributed by atoms with Crippen molar-refractivity contribution >= 4 is 23.6 Å². The SMILES string of the molecule is CCN(NC(=O)c1cnc(N2CCc3ccccc32)nc1OCc1ccc(OC)cc1)C(=O)OC(C)(C)C. The van der Waals surface area contributed by atoms with Gasteiger partial charge in [0.15, 0.2) is 0 Å². The zero-order valence-corrected chi connectivity index (χ0v) is 22.4. The van der Waals surface area contributed by atoms with Crippen molar-refractivity contribution in [2.45, 2.75) is 46.3 Å². The number of nitrogens with zero attached hydrogens (tertiary/aromatic N) is 4. The van der Waals surface area contributed by atoms with Gasteiger partial charge in [-0.05, 0) is 63.4 Å². The van der Waals surface area contributed by atoms with E-state index in [4.69, 9.17) is 14.2 Å². The third-order valence-corrected chi connectivity index (χ3v) is 5.82. The molecule has 3 aromatic rings. The standard InChI is InChI=1S/C28H33N5O5/c1-6-33(27(35)38-28(2,3)4)31-24(34)22-17-29-26(32-16-15-20-9-7-8-10-23(20)32)30-25(22)37-18-19-11-13-21(36-5)14-12-19/h7-14,17H,6,15-16,18H2,1-5H3,(H,31,34). The maximum Gasteiger partial charge on any atom is 0.429 e. The Bertz CT molecular complexity index is 1290. The summed E-state index contributed by atoms with van der Waals surface area (Å²) >= 11 is 0. The average molecular weight is 520 g/mol. The van der Waals surface area contributed by atoms with E-state index in [1.165, 1.54) is 11.8 Å². The number of amides is 2. The molecule has 0 saturated carbocycles. The zero-order valence-electron chi connectivity index (χ0n) is 22.4. The molecule has 0 spiro atoms. The molecule has 2 heterocycles. The second-order valence-electron chi connectivity index (χ2n) is 9.72. The first-order valence-electron chi connectivity index (χ1n) is 12.5. The summed E-state index contributed by atoms with van der Waals surface area (Å²) in [6.45, 7) is 8.09. The quantitative estimate of drug-likeness (QED) is 0.449. The van der Waals surface area contributed by atoms with Crippen LogP contribution in [0.1, 0.15) is 49.2 Å². The first-order chi connectivity index (χ1) is 18.2. The molecule has 4 rings (SSSR count). The fourth-order valence-corrected chi connectivity index (χ4v) is 3.93. The van der Waals surface area contributed by atoms with Crippen molar-refractivity contribution in [3.63, 3.8) is 0 Å². The lowest BCUT2D eigenvalue weighted by molar-refractivity contribution is 0.0145. The number of fused-ring (bicyclic) bond motifs is 1. The van der Waals surface area contributed by atoms with Gasteiger partial charge in [0.05, 0.1) is 7.11 Å². The van der Waals surface area contributed by atoms with Crippen LogP contribution in [-0.4, -0.2) is 52.8 Å². The van der Waals surface area contributed by atoms with Crippen molar-refractivity contribution in [3.05, 3.63) is 71.4 Å². The van der Waals surface area contributed by atoms with Crippen molar-refractivity contribution in [2.75, 3.05) is 25.1 Å². The van der Waals surface area contributed by atoms with Crippen LogP contribution in [0.4, 0.5) is 16.4 Å². The number of hydrazine groups is 1. The Balaban J connectivity index is 1.60. The van der Waals surface area contributed by atoms with E-state index < -0.39 is 17.6 Å². The van der Waals surface area contributed by atoms with E-state index in [2.05, 4.69) is 21.5 Å². The second-order valence-corrected chi connectivity index (χ2v) is 9.72. The van der Waals surface area contributed by atoms with Gasteiger partial charge in [0, 0.05) is 25.0 Å². The third-order valence-electron chi connectivity index (χ3n) is 5.82. The predicted molar refractivity (Wildman–Crippen MR) is 143 cm³/mol. The number of hydrogen-bond acceptors (Lipinski definition) is 8. The number of nitrogens with one attached hydrogen (secondary N) is 1. The number of methoxy groups -OCH3 is 1. The van der Waals surface area contributed by atoms with E-state index in [-0.39, 0.29) is 24.6 Å². The van der Waals surface area contributed by atoms with Crippen molar-refractivity contribution in [2.24, 2.45) is 0 Å². The van der Waals surface area contributed by atoms with E-state index in [9.17, 15) is 9.59 Å². The monoisotopic (exact) mass is 519 g/mol. The van der Waals surface area contributed by atoms with Gasteiger partial charge in [-0.25, -0.2) is 14.8 Å². The number of anilines is 2. The van der Waals surface area contributed by atoms with Crippen LogP contribution in [0.25, 0.3) is 0 Å². The van der Waals surface area contributed by atoms with Crippen LogP contribution >= 0.6 is 0 Å². The minimum Gasteiger partial charge on any atom is -0.497 e. The smallest absolute Gasteiger partial charge is 0.429 e. The van der Waals surface area contributed by atoms with Crippen LogP contribution in [0.5, 0.6) is 11.6 Å². The first kappa shape index (κ1) is 26.7. The first-order valence-corrected chi connectivity index (χ1v) is 12.5. The molecule has 10 heteroatoms. The van der Waals surface area contributed by atoms with Crippen molar-refractivity contribution in [1.82, 2.24) is 20.4 Å². The van der Waals surface area contributed by atoms with Crippen molar-refractivity contribution in [3.8, 4) is 11.6 Å². The van der Waals surface area contributed by atoms with Crippen LogP contribution in [0.15, 0.2) is 54.7 Å². The number of carbonyl (C=O) groups is 2. The fraction of sp³-hybridized carbons (Fsp3) is 0.357. The van der Waals surface area contributed by atoms with Crippen molar-refractivity contribution < 1.29 is 23.8 Å². The molecule has 0 aliphatic carbocycles. The number of ether oxygens (including phenoxy) is 3. The molecular formula is C28H33N5O5. The molecule has 2 aromatic carbocycles. The molecule has 1 aliphatic heterocycles.